The number of carbonyl (C=O) groups excluding carboxylic acids is 3. The average Bonchev–Trinajstić information content (AvgIpc) is 3.15. The van der Waals surface area contributed by atoms with Crippen molar-refractivity contribution < 1.29 is 27.5 Å². The van der Waals surface area contributed by atoms with E-state index in [1.165, 1.54) is 17.0 Å². The number of carbonyl (C=O) groups is 3. The van der Waals surface area contributed by atoms with E-state index >= 15 is 0 Å². The van der Waals surface area contributed by atoms with Crippen LogP contribution >= 0.6 is 0 Å². The number of rotatable bonds is 12. The molecular formula is C31H35N3O6S. The molecule has 0 radical (unpaired) electrons. The molecule has 1 aliphatic heterocycles. The number of hydrogen-bond donors (Lipinski definition) is 1. The first-order valence-corrected chi connectivity index (χ1v) is 15.0. The zero-order valence-electron chi connectivity index (χ0n) is 23.4. The molecule has 216 valence electrons. The standard InChI is InChI=1S/C31H35N3O6S/c1-22(2)32-30(36)27(20-23-11-5-4-6-12-23)33(21-24-13-9-14-25(19-24)40-3)29(35)17-10-18-34-31(37)26-15-7-8-16-28(26)41(34,38)39/h4-9,11-16,19,22,27H,10,17-18,20-21H2,1-3H3,(H,32,36). The Balaban J connectivity index is 1.58. The van der Waals surface area contributed by atoms with Crippen LogP contribution in [0.2, 0.25) is 0 Å². The van der Waals surface area contributed by atoms with Gasteiger partial charge in [0.2, 0.25) is 11.8 Å². The molecule has 1 N–H and O–H groups in total. The van der Waals surface area contributed by atoms with Gasteiger partial charge >= 0.3 is 0 Å². The number of benzene rings is 3. The molecule has 4 rings (SSSR count). The summed E-state index contributed by atoms with van der Waals surface area (Å²) in [5, 5.41) is 2.94. The fourth-order valence-corrected chi connectivity index (χ4v) is 6.48. The fourth-order valence-electron chi connectivity index (χ4n) is 4.87. The van der Waals surface area contributed by atoms with Crippen LogP contribution in [0, 0.1) is 0 Å². The summed E-state index contributed by atoms with van der Waals surface area (Å²) >= 11 is 0. The first-order chi connectivity index (χ1) is 19.6. The van der Waals surface area contributed by atoms with E-state index in [0.717, 1.165) is 15.4 Å². The largest absolute Gasteiger partial charge is 0.497 e. The smallest absolute Gasteiger partial charge is 0.269 e. The molecule has 10 heteroatoms. The third-order valence-electron chi connectivity index (χ3n) is 6.85. The highest BCUT2D eigenvalue weighted by Crippen LogP contribution is 2.30. The zero-order chi connectivity index (χ0) is 29.6. The van der Waals surface area contributed by atoms with Gasteiger partial charge in [-0.15, -0.1) is 0 Å². The molecule has 0 aliphatic carbocycles. The summed E-state index contributed by atoms with van der Waals surface area (Å²) in [6, 6.07) is 21.9. The van der Waals surface area contributed by atoms with E-state index < -0.39 is 22.0 Å². The quantitative estimate of drug-likeness (QED) is 0.351. The molecule has 1 heterocycles. The van der Waals surface area contributed by atoms with Gasteiger partial charge < -0.3 is 15.0 Å². The maximum atomic E-state index is 13.8. The van der Waals surface area contributed by atoms with Crippen molar-refractivity contribution in [2.45, 2.75) is 56.6 Å². The lowest BCUT2D eigenvalue weighted by atomic mass is 10.0. The molecule has 0 saturated carbocycles. The Morgan fingerprint density at radius 3 is 2.32 bits per heavy atom. The first kappa shape index (κ1) is 29.8. The van der Waals surface area contributed by atoms with E-state index in [0.29, 0.717) is 12.2 Å². The second-order valence-electron chi connectivity index (χ2n) is 10.2. The molecule has 0 aromatic heterocycles. The van der Waals surface area contributed by atoms with Crippen LogP contribution in [0.25, 0.3) is 0 Å². The van der Waals surface area contributed by atoms with Crippen LogP contribution in [0.1, 0.15) is 48.2 Å². The number of nitrogens with one attached hydrogen (secondary N) is 1. The molecular weight excluding hydrogens is 542 g/mol. The van der Waals surface area contributed by atoms with Crippen molar-refractivity contribution in [2.24, 2.45) is 0 Å². The first-order valence-electron chi connectivity index (χ1n) is 13.5. The van der Waals surface area contributed by atoms with Crippen molar-refractivity contribution in [2.75, 3.05) is 13.7 Å². The highest BCUT2D eigenvalue weighted by Gasteiger charge is 2.40. The SMILES string of the molecule is COc1cccc(CN(C(=O)CCCN2C(=O)c3ccccc3S2(=O)=O)C(Cc2ccccc2)C(=O)NC(C)C)c1. The van der Waals surface area contributed by atoms with E-state index in [1.54, 1.807) is 25.3 Å². The monoisotopic (exact) mass is 577 g/mol. The lowest BCUT2D eigenvalue weighted by Gasteiger charge is -2.32. The fraction of sp³-hybridized carbons (Fsp3) is 0.323. The number of hydrogen-bond acceptors (Lipinski definition) is 6. The molecule has 3 aromatic carbocycles. The molecule has 0 spiro atoms. The van der Waals surface area contributed by atoms with Crippen LogP contribution in [-0.4, -0.2) is 61.1 Å². The number of ether oxygens (including phenoxy) is 1. The molecule has 1 atom stereocenters. The van der Waals surface area contributed by atoms with E-state index in [9.17, 15) is 22.8 Å². The highest BCUT2D eigenvalue weighted by atomic mass is 32.2. The minimum Gasteiger partial charge on any atom is -0.497 e. The van der Waals surface area contributed by atoms with Crippen LogP contribution in [0.15, 0.2) is 83.8 Å². The van der Waals surface area contributed by atoms with Gasteiger partial charge in [0.1, 0.15) is 16.7 Å². The Hall–Kier alpha value is -4.18. The number of sulfonamides is 1. The van der Waals surface area contributed by atoms with Crippen LogP contribution in [-0.2, 0) is 32.6 Å². The average molecular weight is 578 g/mol. The Morgan fingerprint density at radius 1 is 0.951 bits per heavy atom. The van der Waals surface area contributed by atoms with E-state index in [-0.39, 0.29) is 54.2 Å². The molecule has 0 saturated heterocycles. The van der Waals surface area contributed by atoms with Crippen molar-refractivity contribution in [3.05, 3.63) is 95.6 Å². The van der Waals surface area contributed by atoms with E-state index in [4.69, 9.17) is 4.74 Å². The van der Waals surface area contributed by atoms with Crippen LogP contribution < -0.4 is 10.1 Å². The zero-order valence-corrected chi connectivity index (χ0v) is 24.3. The maximum Gasteiger partial charge on any atom is 0.269 e. The lowest BCUT2D eigenvalue weighted by molar-refractivity contribution is -0.141. The molecule has 3 amide bonds. The van der Waals surface area contributed by atoms with Crippen molar-refractivity contribution in [3.63, 3.8) is 0 Å². The highest BCUT2D eigenvalue weighted by molar-refractivity contribution is 7.90. The van der Waals surface area contributed by atoms with Crippen molar-refractivity contribution in [3.8, 4) is 5.75 Å². The second-order valence-corrected chi connectivity index (χ2v) is 12.1. The predicted molar refractivity (Wildman–Crippen MR) is 155 cm³/mol. The Morgan fingerprint density at radius 2 is 1.63 bits per heavy atom. The van der Waals surface area contributed by atoms with Crippen LogP contribution in [0.4, 0.5) is 0 Å². The van der Waals surface area contributed by atoms with Gasteiger partial charge in [-0.3, -0.25) is 14.4 Å². The number of amides is 3. The van der Waals surface area contributed by atoms with Gasteiger partial charge in [-0.25, -0.2) is 12.7 Å². The van der Waals surface area contributed by atoms with Crippen LogP contribution in [0.3, 0.4) is 0 Å². The molecule has 1 unspecified atom stereocenters. The van der Waals surface area contributed by atoms with E-state index in [1.807, 2.05) is 62.4 Å². The summed E-state index contributed by atoms with van der Waals surface area (Å²) in [6.07, 6.45) is 0.347. The summed E-state index contributed by atoms with van der Waals surface area (Å²) in [5.74, 6) is -0.583. The lowest BCUT2D eigenvalue weighted by Crippen LogP contribution is -2.51. The third-order valence-corrected chi connectivity index (χ3v) is 8.69. The topological polar surface area (TPSA) is 113 Å². The normalized spacial score (nSPS) is 14.4. The third kappa shape index (κ3) is 6.94. The van der Waals surface area contributed by atoms with Crippen molar-refractivity contribution >= 4 is 27.7 Å². The van der Waals surface area contributed by atoms with Gasteiger partial charge in [0, 0.05) is 32.0 Å². The number of fused-ring (bicyclic) bond motifs is 1. The summed E-state index contributed by atoms with van der Waals surface area (Å²) in [7, 11) is -2.42. The minimum absolute atomic E-state index is 0.0238. The van der Waals surface area contributed by atoms with Gasteiger partial charge in [-0.05, 0) is 55.7 Å². The van der Waals surface area contributed by atoms with Gasteiger partial charge in [0.05, 0.1) is 12.7 Å². The number of methoxy groups -OCH3 is 1. The molecule has 1 aliphatic rings. The van der Waals surface area contributed by atoms with Gasteiger partial charge in [-0.2, -0.15) is 0 Å². The molecule has 9 nitrogen and oxygen atoms in total. The summed E-state index contributed by atoms with van der Waals surface area (Å²) < 4.78 is 32.1. The summed E-state index contributed by atoms with van der Waals surface area (Å²) in [5.41, 5.74) is 1.80. The summed E-state index contributed by atoms with van der Waals surface area (Å²) in [4.78, 5) is 41.6. The molecule has 0 bridgehead atoms. The minimum atomic E-state index is -3.97. The molecule has 0 fully saturated rings. The summed E-state index contributed by atoms with van der Waals surface area (Å²) in [6.45, 7) is 3.72. The van der Waals surface area contributed by atoms with Crippen molar-refractivity contribution in [1.29, 1.82) is 0 Å². The molecule has 41 heavy (non-hydrogen) atoms. The second kappa shape index (κ2) is 13.0. The van der Waals surface area contributed by atoms with Crippen LogP contribution in [0.5, 0.6) is 5.75 Å². The van der Waals surface area contributed by atoms with Gasteiger partial charge in [0.25, 0.3) is 15.9 Å². The van der Waals surface area contributed by atoms with Crippen molar-refractivity contribution in [1.82, 2.24) is 14.5 Å². The Bertz CT molecular complexity index is 1510. The molecule has 3 aromatic rings. The van der Waals surface area contributed by atoms with Gasteiger partial charge in [0.15, 0.2) is 0 Å². The van der Waals surface area contributed by atoms with Gasteiger partial charge in [-0.1, -0.05) is 54.6 Å². The Labute approximate surface area is 241 Å². The predicted octanol–water partition coefficient (Wildman–Crippen LogP) is 3.78. The van der Waals surface area contributed by atoms with E-state index in [2.05, 4.69) is 5.32 Å². The maximum absolute atomic E-state index is 13.8. The Kier molecular flexibility index (Phi) is 9.44. The number of nitrogens with zero attached hydrogens (tertiary/aromatic N) is 2.